The number of carbonyl (C=O) groups is 1. The Hall–Kier alpha value is -1.04. The van der Waals surface area contributed by atoms with Crippen LogP contribution in [0.15, 0.2) is 18.2 Å². The van der Waals surface area contributed by atoms with Crippen molar-refractivity contribution in [2.24, 2.45) is 5.73 Å². The summed E-state index contributed by atoms with van der Waals surface area (Å²) in [5.74, 6) is -0.667. The summed E-state index contributed by atoms with van der Waals surface area (Å²) in [7, 11) is 0. The summed E-state index contributed by atoms with van der Waals surface area (Å²) in [4.78, 5) is 14.3. The van der Waals surface area contributed by atoms with E-state index in [4.69, 9.17) is 16.6 Å². The highest BCUT2D eigenvalue weighted by molar-refractivity contribution is 5.85. The first-order chi connectivity index (χ1) is 6.09. The number of rotatable bonds is 3. The number of anilines is 1. The predicted octanol–water partition coefficient (Wildman–Crippen LogP) is 0.462. The van der Waals surface area contributed by atoms with Gasteiger partial charge in [-0.25, -0.2) is 4.98 Å². The van der Waals surface area contributed by atoms with Gasteiger partial charge in [0.15, 0.2) is 0 Å². The average Bonchev–Trinajstić information content (AvgIpc) is 2.04. The number of halogens is 2. The summed E-state index contributed by atoms with van der Waals surface area (Å²) in [5.41, 5.74) is 11.3. The number of nitrogens with two attached hydrogens (primary N) is 2. The maximum Gasteiger partial charge on any atom is 0.320 e. The minimum atomic E-state index is -1.04. The van der Waals surface area contributed by atoms with Gasteiger partial charge in [0.2, 0.25) is 0 Å². The van der Waals surface area contributed by atoms with Crippen LogP contribution in [0, 0.1) is 0 Å². The van der Waals surface area contributed by atoms with Crippen molar-refractivity contribution in [3.8, 4) is 0 Å². The van der Waals surface area contributed by atoms with E-state index >= 15 is 0 Å². The number of aromatic nitrogens is 1. The summed E-state index contributed by atoms with van der Waals surface area (Å²) in [5, 5.41) is 8.53. The normalized spacial score (nSPS) is 10.7. The Bertz CT molecular complexity index is 323. The molecule has 0 radical (unpaired) electrons. The van der Waals surface area contributed by atoms with Gasteiger partial charge in [0.1, 0.15) is 11.9 Å². The molecule has 86 valence electrons. The molecule has 0 amide bonds. The first-order valence-corrected chi connectivity index (χ1v) is 3.79. The van der Waals surface area contributed by atoms with Crippen molar-refractivity contribution in [2.75, 3.05) is 5.73 Å². The molecule has 5 nitrogen and oxygen atoms in total. The van der Waals surface area contributed by atoms with Crippen molar-refractivity contribution < 1.29 is 9.90 Å². The molecule has 1 rings (SSSR count). The van der Waals surface area contributed by atoms with Crippen molar-refractivity contribution in [1.29, 1.82) is 0 Å². The molecule has 0 aliphatic rings. The lowest BCUT2D eigenvalue weighted by molar-refractivity contribution is -0.138. The summed E-state index contributed by atoms with van der Waals surface area (Å²) >= 11 is 0. The maximum atomic E-state index is 10.4. The second-order valence-corrected chi connectivity index (χ2v) is 2.70. The van der Waals surface area contributed by atoms with Gasteiger partial charge < -0.3 is 16.6 Å². The Morgan fingerprint density at radius 3 is 2.53 bits per heavy atom. The van der Waals surface area contributed by atoms with E-state index in [9.17, 15) is 4.79 Å². The van der Waals surface area contributed by atoms with Crippen LogP contribution in [0.3, 0.4) is 0 Å². The maximum absolute atomic E-state index is 10.4. The topological polar surface area (TPSA) is 102 Å². The highest BCUT2D eigenvalue weighted by Gasteiger charge is 2.12. The lowest BCUT2D eigenvalue weighted by Crippen LogP contribution is -2.32. The van der Waals surface area contributed by atoms with Crippen molar-refractivity contribution in [3.05, 3.63) is 23.9 Å². The van der Waals surface area contributed by atoms with Gasteiger partial charge in [0.25, 0.3) is 0 Å². The fraction of sp³-hybridized carbons (Fsp3) is 0.250. The molecule has 7 heteroatoms. The third kappa shape index (κ3) is 5.41. The molecule has 0 bridgehead atoms. The molecule has 15 heavy (non-hydrogen) atoms. The van der Waals surface area contributed by atoms with Crippen molar-refractivity contribution in [1.82, 2.24) is 4.98 Å². The smallest absolute Gasteiger partial charge is 0.320 e. The first-order valence-electron chi connectivity index (χ1n) is 3.79. The fourth-order valence-electron chi connectivity index (χ4n) is 0.924. The Morgan fingerprint density at radius 2 is 2.07 bits per heavy atom. The number of pyridine rings is 1. The Morgan fingerprint density at radius 1 is 1.47 bits per heavy atom. The third-order valence-electron chi connectivity index (χ3n) is 1.57. The number of hydrogen-bond acceptors (Lipinski definition) is 4. The minimum Gasteiger partial charge on any atom is -0.480 e. The molecule has 1 aromatic rings. The zero-order valence-corrected chi connectivity index (χ0v) is 9.42. The summed E-state index contributed by atoms with van der Waals surface area (Å²) in [6.07, 6.45) is 0.195. The monoisotopic (exact) mass is 253 g/mol. The van der Waals surface area contributed by atoms with Crippen LogP contribution in [-0.2, 0) is 11.2 Å². The molecule has 1 atom stereocenters. The molecule has 1 unspecified atom stereocenters. The van der Waals surface area contributed by atoms with Crippen molar-refractivity contribution in [3.63, 3.8) is 0 Å². The van der Waals surface area contributed by atoms with Gasteiger partial charge in [-0.3, -0.25) is 4.79 Å². The van der Waals surface area contributed by atoms with Crippen LogP contribution >= 0.6 is 24.8 Å². The zero-order chi connectivity index (χ0) is 9.84. The van der Waals surface area contributed by atoms with Gasteiger partial charge in [0, 0.05) is 12.1 Å². The number of carboxylic acids is 1. The van der Waals surface area contributed by atoms with E-state index in [0.717, 1.165) is 0 Å². The number of aliphatic carboxylic acids is 1. The highest BCUT2D eigenvalue weighted by atomic mass is 35.5. The molecule has 1 aromatic heterocycles. The van der Waals surface area contributed by atoms with Crippen LogP contribution < -0.4 is 11.5 Å². The summed E-state index contributed by atoms with van der Waals surface area (Å²) in [6.45, 7) is 0. The number of hydrogen-bond donors (Lipinski definition) is 3. The third-order valence-corrected chi connectivity index (χ3v) is 1.57. The Labute approximate surface area is 99.7 Å². The van der Waals surface area contributed by atoms with E-state index in [1.54, 1.807) is 18.2 Å². The zero-order valence-electron chi connectivity index (χ0n) is 7.79. The molecule has 0 fully saturated rings. The van der Waals surface area contributed by atoms with Crippen LogP contribution in [0.4, 0.5) is 5.82 Å². The summed E-state index contributed by atoms with van der Waals surface area (Å²) < 4.78 is 0. The van der Waals surface area contributed by atoms with Gasteiger partial charge in [-0.2, -0.15) is 0 Å². The highest BCUT2D eigenvalue weighted by Crippen LogP contribution is 2.02. The Balaban J connectivity index is 0. The van der Waals surface area contributed by atoms with E-state index < -0.39 is 12.0 Å². The number of nitrogens with zero attached hydrogens (tertiary/aromatic N) is 1. The van der Waals surface area contributed by atoms with Crippen LogP contribution in [0.2, 0.25) is 0 Å². The lowest BCUT2D eigenvalue weighted by atomic mass is 10.1. The predicted molar refractivity (Wildman–Crippen MR) is 62.5 cm³/mol. The lowest BCUT2D eigenvalue weighted by Gasteiger charge is -2.05. The van der Waals surface area contributed by atoms with Crippen molar-refractivity contribution in [2.45, 2.75) is 12.5 Å². The molecule has 0 aliphatic heterocycles. The number of carboxylic acid groups (broad SMARTS) is 1. The van der Waals surface area contributed by atoms with Gasteiger partial charge in [-0.05, 0) is 12.1 Å². The second-order valence-electron chi connectivity index (χ2n) is 2.70. The molecular weight excluding hydrogens is 241 g/mol. The molecule has 0 aliphatic carbocycles. The van der Waals surface area contributed by atoms with E-state index in [1.807, 2.05) is 0 Å². The van der Waals surface area contributed by atoms with E-state index in [0.29, 0.717) is 11.5 Å². The van der Waals surface area contributed by atoms with Gasteiger partial charge in [-0.1, -0.05) is 6.07 Å². The van der Waals surface area contributed by atoms with Crippen LogP contribution in [0.5, 0.6) is 0 Å². The average molecular weight is 254 g/mol. The molecule has 0 spiro atoms. The largest absolute Gasteiger partial charge is 0.480 e. The second kappa shape index (κ2) is 7.28. The van der Waals surface area contributed by atoms with Crippen LogP contribution in [-0.4, -0.2) is 22.1 Å². The standard InChI is InChI=1S/C8H11N3O2.2ClH/c9-6(8(12)13)4-5-2-1-3-7(10)11-5;;/h1-3,6H,4,9H2,(H2,10,11)(H,12,13);2*1H. The van der Waals surface area contributed by atoms with Crippen molar-refractivity contribution >= 4 is 36.6 Å². The Kier molecular flexibility index (Phi) is 7.95. The summed E-state index contributed by atoms with van der Waals surface area (Å²) in [6, 6.07) is 4.12. The van der Waals surface area contributed by atoms with E-state index in [2.05, 4.69) is 4.98 Å². The molecule has 1 heterocycles. The molecule has 5 N–H and O–H groups in total. The fourth-order valence-corrected chi connectivity index (χ4v) is 0.924. The van der Waals surface area contributed by atoms with E-state index in [-0.39, 0.29) is 31.2 Å². The molecule has 0 saturated carbocycles. The van der Waals surface area contributed by atoms with Gasteiger partial charge in [-0.15, -0.1) is 24.8 Å². The van der Waals surface area contributed by atoms with Crippen LogP contribution in [0.1, 0.15) is 5.69 Å². The van der Waals surface area contributed by atoms with Gasteiger partial charge in [0.05, 0.1) is 0 Å². The van der Waals surface area contributed by atoms with E-state index in [1.165, 1.54) is 0 Å². The molecule has 0 aromatic carbocycles. The first kappa shape index (κ1) is 16.4. The molecular formula is C8H13Cl2N3O2. The SMILES string of the molecule is Cl.Cl.Nc1cccc(CC(N)C(=O)O)n1. The van der Waals surface area contributed by atoms with Crippen LogP contribution in [0.25, 0.3) is 0 Å². The molecule has 0 saturated heterocycles. The minimum absolute atomic E-state index is 0. The quantitative estimate of drug-likeness (QED) is 0.727. The van der Waals surface area contributed by atoms with Gasteiger partial charge >= 0.3 is 5.97 Å². The number of nitrogen functional groups attached to an aromatic ring is 1.